The summed E-state index contributed by atoms with van der Waals surface area (Å²) in [5.41, 5.74) is 0.404. The summed E-state index contributed by atoms with van der Waals surface area (Å²) in [6.07, 6.45) is 1.22. The zero-order valence-electron chi connectivity index (χ0n) is 12.2. The molecule has 3 saturated heterocycles. The molecular formula is C16H21FN2O2. The van der Waals surface area contributed by atoms with Crippen LogP contribution in [0.15, 0.2) is 24.3 Å². The molecule has 1 aromatic carbocycles. The van der Waals surface area contributed by atoms with Crippen molar-refractivity contribution in [3.63, 3.8) is 0 Å². The van der Waals surface area contributed by atoms with Gasteiger partial charge in [0.15, 0.2) is 0 Å². The maximum absolute atomic E-state index is 13.7. The zero-order valence-corrected chi connectivity index (χ0v) is 12.2. The van der Waals surface area contributed by atoms with Crippen molar-refractivity contribution in [3.05, 3.63) is 35.6 Å². The van der Waals surface area contributed by atoms with Crippen molar-refractivity contribution in [2.45, 2.75) is 31.9 Å². The molecule has 0 aromatic heterocycles. The van der Waals surface area contributed by atoms with E-state index in [0.717, 1.165) is 32.5 Å². The van der Waals surface area contributed by atoms with E-state index in [1.807, 2.05) is 0 Å². The van der Waals surface area contributed by atoms with E-state index in [1.54, 1.807) is 25.1 Å². The van der Waals surface area contributed by atoms with Crippen molar-refractivity contribution in [1.82, 2.24) is 10.2 Å². The molecule has 4 nitrogen and oxygen atoms in total. The van der Waals surface area contributed by atoms with Gasteiger partial charge in [-0.05, 0) is 44.8 Å². The minimum atomic E-state index is -0.590. The average Bonchev–Trinajstić information content (AvgIpc) is 2.48. The van der Waals surface area contributed by atoms with Crippen molar-refractivity contribution in [2.24, 2.45) is 5.92 Å². The monoisotopic (exact) mass is 292 g/mol. The van der Waals surface area contributed by atoms with Crippen molar-refractivity contribution >= 4 is 6.09 Å². The summed E-state index contributed by atoms with van der Waals surface area (Å²) >= 11 is 0. The minimum Gasteiger partial charge on any atom is -0.442 e. The summed E-state index contributed by atoms with van der Waals surface area (Å²) in [5.74, 6) is 0.201. The molecule has 0 saturated carbocycles. The fraction of sp³-hybridized carbons (Fsp3) is 0.562. The van der Waals surface area contributed by atoms with Gasteiger partial charge in [-0.25, -0.2) is 9.18 Å². The Bertz CT molecular complexity index is 515. The highest BCUT2D eigenvalue weighted by Crippen LogP contribution is 2.28. The number of fused-ring (bicyclic) bond motifs is 3. The predicted octanol–water partition coefficient (Wildman–Crippen LogP) is 2.71. The van der Waals surface area contributed by atoms with Crippen LogP contribution in [0.3, 0.4) is 0 Å². The molecule has 2 atom stereocenters. The first kappa shape index (κ1) is 14.3. The van der Waals surface area contributed by atoms with E-state index in [0.29, 0.717) is 11.5 Å². The van der Waals surface area contributed by atoms with Crippen molar-refractivity contribution in [3.8, 4) is 0 Å². The third-order valence-electron chi connectivity index (χ3n) is 4.59. The lowest BCUT2D eigenvalue weighted by atomic mass is 9.84. The number of rotatable bonds is 3. The number of alkyl carbamates (subject to hydrolysis) is 1. The van der Waals surface area contributed by atoms with E-state index in [-0.39, 0.29) is 11.9 Å². The van der Waals surface area contributed by atoms with Gasteiger partial charge in [-0.1, -0.05) is 18.2 Å². The SMILES string of the molecule is CC(OC(=O)NC1CN2CCC1CC2)c1ccccc1F. The molecule has 1 amide bonds. The second-order valence-corrected chi connectivity index (χ2v) is 5.96. The van der Waals surface area contributed by atoms with Crippen LogP contribution in [0.25, 0.3) is 0 Å². The molecule has 4 rings (SSSR count). The lowest BCUT2D eigenvalue weighted by Gasteiger charge is -2.44. The highest BCUT2D eigenvalue weighted by atomic mass is 19.1. The molecule has 3 aliphatic heterocycles. The summed E-state index contributed by atoms with van der Waals surface area (Å²) in [4.78, 5) is 14.4. The maximum atomic E-state index is 13.7. The standard InChI is InChI=1S/C16H21FN2O2/c1-11(13-4-2-3-5-14(13)17)21-16(20)18-15-10-19-8-6-12(15)7-9-19/h2-5,11-12,15H,6-10H2,1H3,(H,18,20). The van der Waals surface area contributed by atoms with Crippen molar-refractivity contribution < 1.29 is 13.9 Å². The minimum absolute atomic E-state index is 0.160. The van der Waals surface area contributed by atoms with E-state index < -0.39 is 12.2 Å². The van der Waals surface area contributed by atoms with Gasteiger partial charge >= 0.3 is 6.09 Å². The Morgan fingerprint density at radius 2 is 2.10 bits per heavy atom. The lowest BCUT2D eigenvalue weighted by molar-refractivity contribution is 0.0563. The van der Waals surface area contributed by atoms with Crippen LogP contribution in [0, 0.1) is 11.7 Å². The third-order valence-corrected chi connectivity index (χ3v) is 4.59. The van der Waals surface area contributed by atoms with Crippen LogP contribution in [0.1, 0.15) is 31.4 Å². The van der Waals surface area contributed by atoms with Crippen molar-refractivity contribution in [2.75, 3.05) is 19.6 Å². The van der Waals surface area contributed by atoms with Crippen LogP contribution in [-0.4, -0.2) is 36.7 Å². The Labute approximate surface area is 124 Å². The van der Waals surface area contributed by atoms with Crippen molar-refractivity contribution in [1.29, 1.82) is 0 Å². The van der Waals surface area contributed by atoms with E-state index in [1.165, 1.54) is 6.07 Å². The molecule has 3 fully saturated rings. The summed E-state index contributed by atoms with van der Waals surface area (Å²) in [6, 6.07) is 6.54. The predicted molar refractivity (Wildman–Crippen MR) is 77.4 cm³/mol. The van der Waals surface area contributed by atoms with E-state index in [2.05, 4.69) is 10.2 Å². The smallest absolute Gasteiger partial charge is 0.408 e. The Morgan fingerprint density at radius 1 is 1.38 bits per heavy atom. The number of hydrogen-bond donors (Lipinski definition) is 1. The fourth-order valence-electron chi connectivity index (χ4n) is 3.34. The Kier molecular flexibility index (Phi) is 4.10. The highest BCUT2D eigenvalue weighted by molar-refractivity contribution is 5.68. The molecule has 1 N–H and O–H groups in total. The molecule has 2 bridgehead atoms. The van der Waals surface area contributed by atoms with E-state index in [9.17, 15) is 9.18 Å². The van der Waals surface area contributed by atoms with Gasteiger partial charge in [-0.2, -0.15) is 0 Å². The molecule has 0 radical (unpaired) electrons. The normalized spacial score (nSPS) is 29.0. The Balaban J connectivity index is 1.56. The molecule has 0 aliphatic carbocycles. The quantitative estimate of drug-likeness (QED) is 0.931. The lowest BCUT2D eigenvalue weighted by Crippen LogP contribution is -2.57. The molecule has 114 valence electrons. The highest BCUT2D eigenvalue weighted by Gasteiger charge is 2.35. The first-order chi connectivity index (χ1) is 10.1. The van der Waals surface area contributed by atoms with Gasteiger partial charge in [0, 0.05) is 18.2 Å². The fourth-order valence-corrected chi connectivity index (χ4v) is 3.34. The van der Waals surface area contributed by atoms with Gasteiger partial charge in [0.25, 0.3) is 0 Å². The number of ether oxygens (including phenoxy) is 1. The molecule has 0 spiro atoms. The second kappa shape index (κ2) is 6.02. The maximum Gasteiger partial charge on any atom is 0.408 e. The molecular weight excluding hydrogens is 271 g/mol. The van der Waals surface area contributed by atoms with Crippen LogP contribution in [0.4, 0.5) is 9.18 Å². The number of amides is 1. The molecule has 1 aromatic rings. The molecule has 5 heteroatoms. The summed E-state index contributed by atoms with van der Waals surface area (Å²) in [5, 5.41) is 2.95. The van der Waals surface area contributed by atoms with Gasteiger partial charge in [0.05, 0.1) is 0 Å². The first-order valence-corrected chi connectivity index (χ1v) is 7.57. The topological polar surface area (TPSA) is 41.6 Å². The van der Waals surface area contributed by atoms with Gasteiger partial charge in [0.1, 0.15) is 11.9 Å². The van der Waals surface area contributed by atoms with Crippen LogP contribution < -0.4 is 5.32 Å². The van der Waals surface area contributed by atoms with Crippen LogP contribution in [0.2, 0.25) is 0 Å². The third kappa shape index (κ3) is 3.18. The average molecular weight is 292 g/mol. The van der Waals surface area contributed by atoms with Gasteiger partial charge in [-0.3, -0.25) is 0 Å². The number of nitrogens with zero attached hydrogens (tertiary/aromatic N) is 1. The number of benzene rings is 1. The van der Waals surface area contributed by atoms with Gasteiger partial charge < -0.3 is 15.0 Å². The summed E-state index contributed by atoms with van der Waals surface area (Å²) in [6.45, 7) is 4.84. The zero-order chi connectivity index (χ0) is 14.8. The molecule has 3 heterocycles. The Morgan fingerprint density at radius 3 is 2.71 bits per heavy atom. The van der Waals surface area contributed by atoms with Crippen LogP contribution in [-0.2, 0) is 4.74 Å². The second-order valence-electron chi connectivity index (χ2n) is 5.96. The van der Waals surface area contributed by atoms with Crippen LogP contribution in [0.5, 0.6) is 0 Å². The number of hydrogen-bond acceptors (Lipinski definition) is 3. The molecule has 21 heavy (non-hydrogen) atoms. The number of carbonyl (C=O) groups excluding carboxylic acids is 1. The van der Waals surface area contributed by atoms with Gasteiger partial charge in [0.2, 0.25) is 0 Å². The van der Waals surface area contributed by atoms with Gasteiger partial charge in [-0.15, -0.1) is 0 Å². The Hall–Kier alpha value is -1.62. The van der Waals surface area contributed by atoms with E-state index >= 15 is 0 Å². The number of halogens is 1. The molecule has 2 unspecified atom stereocenters. The summed E-state index contributed by atoms with van der Waals surface area (Å²) in [7, 11) is 0. The first-order valence-electron chi connectivity index (χ1n) is 7.57. The molecule has 3 aliphatic rings. The number of carbonyl (C=O) groups is 1. The summed E-state index contributed by atoms with van der Waals surface area (Å²) < 4.78 is 19.0. The van der Waals surface area contributed by atoms with Crippen LogP contribution >= 0.6 is 0 Å². The number of piperidine rings is 3. The largest absolute Gasteiger partial charge is 0.442 e. The number of nitrogens with one attached hydrogen (secondary N) is 1. The van der Waals surface area contributed by atoms with E-state index in [4.69, 9.17) is 4.74 Å².